The van der Waals surface area contributed by atoms with Gasteiger partial charge in [-0.15, -0.1) is 0 Å². The van der Waals surface area contributed by atoms with Gasteiger partial charge in [-0.2, -0.15) is 0 Å². The molecule has 0 aliphatic heterocycles. The summed E-state index contributed by atoms with van der Waals surface area (Å²) in [5, 5.41) is 0. The van der Waals surface area contributed by atoms with Gasteiger partial charge in [0.1, 0.15) is 19.8 Å². The van der Waals surface area contributed by atoms with Crippen molar-refractivity contribution in [1.82, 2.24) is 0 Å². The zero-order valence-corrected chi connectivity index (χ0v) is 55.5. The van der Waals surface area contributed by atoms with Gasteiger partial charge in [0.05, 0.1) is 27.7 Å². The summed E-state index contributed by atoms with van der Waals surface area (Å²) in [5.41, 5.74) is 0. The highest BCUT2D eigenvalue weighted by atomic mass is 31.2. The molecule has 2 atom stereocenters. The summed E-state index contributed by atoms with van der Waals surface area (Å²) in [6.07, 6.45) is 74.8. The highest BCUT2D eigenvalue weighted by Gasteiger charge is 2.22. The van der Waals surface area contributed by atoms with Crippen LogP contribution in [0.25, 0.3) is 0 Å². The smallest absolute Gasteiger partial charge is 0.306 e. The minimum absolute atomic E-state index is 0.0248. The predicted molar refractivity (Wildman–Crippen MR) is 342 cm³/mol. The summed E-state index contributed by atoms with van der Waals surface area (Å²) < 4.78 is 34.3. The van der Waals surface area contributed by atoms with Crippen LogP contribution < -0.4 is 4.89 Å². The molecule has 0 aromatic rings. The number of quaternary nitrogens is 1. The zero-order chi connectivity index (χ0) is 58.4. The number of carbonyl (C=O) groups is 2. The molecule has 0 rings (SSSR count). The number of carbonyl (C=O) groups excluding carboxylic acids is 2. The van der Waals surface area contributed by atoms with Gasteiger partial charge < -0.3 is 27.9 Å². The maximum Gasteiger partial charge on any atom is 0.306 e. The topological polar surface area (TPSA) is 111 Å². The van der Waals surface area contributed by atoms with Gasteiger partial charge in [0.15, 0.2) is 6.10 Å². The first-order valence-electron chi connectivity index (χ1n) is 35.7. The second kappa shape index (κ2) is 62.5. The van der Waals surface area contributed by atoms with E-state index in [1.165, 1.54) is 321 Å². The van der Waals surface area contributed by atoms with Crippen LogP contribution in [0.1, 0.15) is 386 Å². The van der Waals surface area contributed by atoms with Crippen LogP contribution in [-0.4, -0.2) is 70.0 Å². The first kappa shape index (κ1) is 79.0. The molecule has 0 aromatic carbocycles. The van der Waals surface area contributed by atoms with Crippen molar-refractivity contribution in [3.05, 3.63) is 0 Å². The maximum absolute atomic E-state index is 12.9. The number of hydrogen-bond acceptors (Lipinski definition) is 8. The molecule has 0 spiro atoms. The number of likely N-dealkylation sites (N-methyl/N-ethyl adjacent to an activating group) is 1. The number of nitrogens with zero attached hydrogens (tertiary/aromatic N) is 1. The molecular formula is C70H140NO8P. The molecule has 9 nitrogen and oxygen atoms in total. The van der Waals surface area contributed by atoms with Crippen molar-refractivity contribution < 1.29 is 42.1 Å². The SMILES string of the molecule is CCCCCCCCCCCCCCCCCCCCCCCCCCCCCCCCC(=O)OC(COC(=O)CCCCCCCCCCCCCCCCCCCCCCCCCCCC)COP(=O)([O-])OCC[N+](C)(C)C. The average molecular weight is 1150 g/mol. The lowest BCUT2D eigenvalue weighted by Crippen LogP contribution is -2.37. The molecule has 10 heteroatoms. The van der Waals surface area contributed by atoms with Crippen LogP contribution in [0.2, 0.25) is 0 Å². The van der Waals surface area contributed by atoms with Gasteiger partial charge in [-0.05, 0) is 12.8 Å². The van der Waals surface area contributed by atoms with E-state index in [1.807, 2.05) is 21.1 Å². The summed E-state index contributed by atoms with van der Waals surface area (Å²) in [6, 6.07) is 0. The van der Waals surface area contributed by atoms with E-state index in [-0.39, 0.29) is 32.0 Å². The van der Waals surface area contributed by atoms with Crippen molar-refractivity contribution >= 4 is 19.8 Å². The third-order valence-corrected chi connectivity index (χ3v) is 17.6. The minimum atomic E-state index is -4.63. The summed E-state index contributed by atoms with van der Waals surface area (Å²) in [7, 11) is 1.20. The van der Waals surface area contributed by atoms with Gasteiger partial charge >= 0.3 is 11.9 Å². The molecule has 0 fully saturated rings. The quantitative estimate of drug-likeness (QED) is 0.0256. The fourth-order valence-corrected chi connectivity index (χ4v) is 11.9. The largest absolute Gasteiger partial charge is 0.756 e. The maximum atomic E-state index is 12.9. The lowest BCUT2D eigenvalue weighted by molar-refractivity contribution is -0.870. The molecule has 0 bridgehead atoms. The van der Waals surface area contributed by atoms with Gasteiger partial charge in [0.2, 0.25) is 0 Å². The highest BCUT2D eigenvalue weighted by Crippen LogP contribution is 2.38. The van der Waals surface area contributed by atoms with E-state index < -0.39 is 26.5 Å². The Kier molecular flexibility index (Phi) is 61.8. The number of rotatable bonds is 68. The molecule has 0 amide bonds. The Bertz CT molecular complexity index is 1310. The van der Waals surface area contributed by atoms with Crippen molar-refractivity contribution in [2.24, 2.45) is 0 Å². The number of esters is 2. The van der Waals surface area contributed by atoms with Crippen molar-refractivity contribution in [2.45, 2.75) is 392 Å². The number of unbranched alkanes of at least 4 members (excludes halogenated alkanes) is 54. The first-order valence-corrected chi connectivity index (χ1v) is 37.2. The van der Waals surface area contributed by atoms with Crippen molar-refractivity contribution in [1.29, 1.82) is 0 Å². The number of hydrogen-bond donors (Lipinski definition) is 0. The molecule has 0 radical (unpaired) electrons. The Hall–Kier alpha value is -0.990. The normalized spacial score (nSPS) is 13.0. The number of ether oxygens (including phenoxy) is 2. The lowest BCUT2D eigenvalue weighted by Gasteiger charge is -2.28. The molecule has 0 aliphatic rings. The summed E-state index contributed by atoms with van der Waals surface area (Å²) in [5.74, 6) is -0.803. The Morgan fingerprint density at radius 2 is 0.562 bits per heavy atom. The standard InChI is InChI=1S/C70H140NO8P/c1-6-8-10-12-14-16-18-20-22-24-26-28-30-32-34-35-36-37-39-41-43-45-47-49-51-53-55-57-59-61-63-70(73)79-68(67-78-80(74,75)77-65-64-71(3,4)5)66-76-69(72)62-60-58-56-54-52-50-48-46-44-42-40-38-33-31-29-27-25-23-21-19-17-15-13-11-9-7-2/h68H,6-67H2,1-5H3. The van der Waals surface area contributed by atoms with Gasteiger partial charge in [-0.3, -0.25) is 14.2 Å². The molecule has 0 saturated heterocycles. The molecule has 0 N–H and O–H groups in total. The Morgan fingerprint density at radius 1 is 0.338 bits per heavy atom. The number of phosphoric ester groups is 1. The second-order valence-corrected chi connectivity index (χ2v) is 27.4. The molecule has 478 valence electrons. The van der Waals surface area contributed by atoms with E-state index in [9.17, 15) is 19.0 Å². The fourth-order valence-electron chi connectivity index (χ4n) is 11.1. The summed E-state index contributed by atoms with van der Waals surface area (Å²) in [6.45, 7) is 4.34. The van der Waals surface area contributed by atoms with Gasteiger partial charge in [0.25, 0.3) is 7.82 Å². The zero-order valence-electron chi connectivity index (χ0n) is 54.6. The molecule has 0 heterocycles. The van der Waals surface area contributed by atoms with Crippen LogP contribution in [0, 0.1) is 0 Å². The van der Waals surface area contributed by atoms with Crippen LogP contribution in [0.5, 0.6) is 0 Å². The van der Waals surface area contributed by atoms with E-state index in [2.05, 4.69) is 13.8 Å². The van der Waals surface area contributed by atoms with E-state index >= 15 is 0 Å². The highest BCUT2D eigenvalue weighted by molar-refractivity contribution is 7.45. The van der Waals surface area contributed by atoms with Crippen molar-refractivity contribution in [3.8, 4) is 0 Å². The van der Waals surface area contributed by atoms with Crippen LogP contribution in [-0.2, 0) is 32.7 Å². The van der Waals surface area contributed by atoms with E-state index in [0.717, 1.165) is 32.1 Å². The molecular weight excluding hydrogens is 1010 g/mol. The predicted octanol–water partition coefficient (Wildman–Crippen LogP) is 22.3. The average Bonchev–Trinajstić information content (AvgIpc) is 3.42. The Morgan fingerprint density at radius 3 is 0.800 bits per heavy atom. The van der Waals surface area contributed by atoms with Crippen LogP contribution >= 0.6 is 7.82 Å². The summed E-state index contributed by atoms with van der Waals surface area (Å²) in [4.78, 5) is 38.1. The van der Waals surface area contributed by atoms with Gasteiger partial charge in [-0.1, -0.05) is 361 Å². The van der Waals surface area contributed by atoms with E-state index in [0.29, 0.717) is 17.4 Å². The molecule has 80 heavy (non-hydrogen) atoms. The third-order valence-electron chi connectivity index (χ3n) is 16.6. The van der Waals surface area contributed by atoms with Crippen LogP contribution in [0.4, 0.5) is 0 Å². The van der Waals surface area contributed by atoms with Crippen LogP contribution in [0.15, 0.2) is 0 Å². The van der Waals surface area contributed by atoms with Crippen molar-refractivity contribution in [3.63, 3.8) is 0 Å². The molecule has 0 saturated carbocycles. The fraction of sp³-hybridized carbons (Fsp3) is 0.971. The van der Waals surface area contributed by atoms with Crippen molar-refractivity contribution in [2.75, 3.05) is 47.5 Å². The summed E-state index contributed by atoms with van der Waals surface area (Å²) >= 11 is 0. The van der Waals surface area contributed by atoms with Crippen LogP contribution in [0.3, 0.4) is 0 Å². The molecule has 0 aromatic heterocycles. The first-order chi connectivity index (χ1) is 39.0. The monoisotopic (exact) mass is 1150 g/mol. The van der Waals surface area contributed by atoms with Gasteiger partial charge in [-0.25, -0.2) is 0 Å². The number of phosphoric acid groups is 1. The minimum Gasteiger partial charge on any atom is -0.756 e. The second-order valence-electron chi connectivity index (χ2n) is 26.0. The Balaban J connectivity index is 3.96. The van der Waals surface area contributed by atoms with E-state index in [4.69, 9.17) is 18.5 Å². The lowest BCUT2D eigenvalue weighted by atomic mass is 10.0. The molecule has 2 unspecified atom stereocenters. The van der Waals surface area contributed by atoms with Gasteiger partial charge in [0, 0.05) is 12.8 Å². The molecule has 0 aliphatic carbocycles. The third kappa shape index (κ3) is 66.2. The van der Waals surface area contributed by atoms with E-state index in [1.54, 1.807) is 0 Å². The Labute approximate surface area is 499 Å².